The topological polar surface area (TPSA) is 35.8 Å². The summed E-state index contributed by atoms with van der Waals surface area (Å²) in [7, 11) is 0. The Bertz CT molecular complexity index is 1080. The molecule has 0 aromatic heterocycles. The summed E-state index contributed by atoms with van der Waals surface area (Å²) in [5, 5.41) is 9.72. The molecule has 1 saturated heterocycles. The highest BCUT2D eigenvalue weighted by molar-refractivity contribution is 5.65. The second-order valence-electron chi connectivity index (χ2n) is 9.79. The Morgan fingerprint density at radius 1 is 0.781 bits per heavy atom. The molecule has 32 heavy (non-hydrogen) atoms. The average molecular weight is 423 g/mol. The van der Waals surface area contributed by atoms with Crippen LogP contribution in [0.4, 0.5) is 0 Å². The summed E-state index contributed by atoms with van der Waals surface area (Å²) in [4.78, 5) is 7.91. The number of nitrogens with zero attached hydrogens (tertiary/aromatic N) is 2. The summed E-state index contributed by atoms with van der Waals surface area (Å²) >= 11 is 0. The van der Waals surface area contributed by atoms with E-state index in [0.717, 1.165) is 19.4 Å². The first-order valence-electron chi connectivity index (χ1n) is 11.9. The van der Waals surface area contributed by atoms with Gasteiger partial charge in [-0.3, -0.25) is 9.89 Å². The summed E-state index contributed by atoms with van der Waals surface area (Å²) < 4.78 is 0. The van der Waals surface area contributed by atoms with Crippen molar-refractivity contribution in [2.45, 2.75) is 43.9 Å². The smallest absolute Gasteiger partial charge is 0.115 e. The molecule has 4 aliphatic rings. The molecule has 3 aliphatic heterocycles. The molecule has 3 heteroatoms. The van der Waals surface area contributed by atoms with Gasteiger partial charge in [0.05, 0.1) is 6.04 Å². The van der Waals surface area contributed by atoms with Crippen molar-refractivity contribution >= 4 is 6.21 Å². The number of rotatable bonds is 6. The van der Waals surface area contributed by atoms with Crippen molar-refractivity contribution in [1.82, 2.24) is 4.90 Å². The van der Waals surface area contributed by atoms with E-state index >= 15 is 0 Å². The number of aromatic hydroxyl groups is 1. The molecule has 1 aliphatic carbocycles. The van der Waals surface area contributed by atoms with Gasteiger partial charge in [0.1, 0.15) is 5.75 Å². The van der Waals surface area contributed by atoms with Gasteiger partial charge in [-0.15, -0.1) is 0 Å². The van der Waals surface area contributed by atoms with Crippen LogP contribution in [0.3, 0.4) is 0 Å². The Morgan fingerprint density at radius 3 is 2.16 bits per heavy atom. The van der Waals surface area contributed by atoms with E-state index in [1.807, 2.05) is 12.1 Å². The van der Waals surface area contributed by atoms with E-state index in [9.17, 15) is 5.11 Å². The highest BCUT2D eigenvalue weighted by Gasteiger charge is 2.58. The highest BCUT2D eigenvalue weighted by atomic mass is 16.3. The molecule has 1 N–H and O–H groups in total. The summed E-state index contributed by atoms with van der Waals surface area (Å²) in [6.45, 7) is 0.990. The van der Waals surface area contributed by atoms with E-state index in [2.05, 4.69) is 83.9 Å². The van der Waals surface area contributed by atoms with Crippen molar-refractivity contribution in [3.8, 4) is 5.75 Å². The molecule has 6 unspecified atom stereocenters. The van der Waals surface area contributed by atoms with Crippen LogP contribution in [0.2, 0.25) is 0 Å². The number of hydrogen-bond donors (Lipinski definition) is 1. The quantitative estimate of drug-likeness (QED) is 0.597. The third kappa shape index (κ3) is 3.55. The van der Waals surface area contributed by atoms with Gasteiger partial charge in [-0.2, -0.15) is 0 Å². The summed E-state index contributed by atoms with van der Waals surface area (Å²) in [6, 6.07) is 31.1. The third-order valence-electron chi connectivity index (χ3n) is 7.98. The van der Waals surface area contributed by atoms with Crippen LogP contribution in [0.5, 0.6) is 5.75 Å². The van der Waals surface area contributed by atoms with Crippen LogP contribution in [-0.4, -0.2) is 34.3 Å². The van der Waals surface area contributed by atoms with Gasteiger partial charge in [0.2, 0.25) is 0 Å². The lowest BCUT2D eigenvalue weighted by molar-refractivity contribution is 0.114. The van der Waals surface area contributed by atoms with Crippen molar-refractivity contribution in [2.75, 3.05) is 0 Å². The Balaban J connectivity index is 1.35. The molecule has 0 amide bonds. The number of phenolic OH excluding ortho intramolecular Hbond substituents is 1. The third-order valence-corrected chi connectivity index (χ3v) is 7.98. The minimum absolute atomic E-state index is 0.343. The van der Waals surface area contributed by atoms with E-state index in [0.29, 0.717) is 41.6 Å². The first kappa shape index (κ1) is 19.8. The van der Waals surface area contributed by atoms with Crippen LogP contribution >= 0.6 is 0 Å². The lowest BCUT2D eigenvalue weighted by Crippen LogP contribution is -2.51. The maximum Gasteiger partial charge on any atom is 0.115 e. The van der Waals surface area contributed by atoms with Gasteiger partial charge in [-0.1, -0.05) is 72.8 Å². The van der Waals surface area contributed by atoms with Crippen molar-refractivity contribution in [3.05, 3.63) is 102 Å². The van der Waals surface area contributed by atoms with Gasteiger partial charge in [0.25, 0.3) is 0 Å². The predicted octanol–water partition coefficient (Wildman–Crippen LogP) is 5.14. The minimum Gasteiger partial charge on any atom is -0.508 e. The Morgan fingerprint density at radius 2 is 1.44 bits per heavy atom. The van der Waals surface area contributed by atoms with Crippen LogP contribution in [0.25, 0.3) is 0 Å². The molecule has 2 fully saturated rings. The fourth-order valence-corrected chi connectivity index (χ4v) is 6.58. The monoisotopic (exact) mass is 422 g/mol. The van der Waals surface area contributed by atoms with Crippen LogP contribution in [0, 0.1) is 17.8 Å². The first-order valence-corrected chi connectivity index (χ1v) is 11.9. The zero-order chi connectivity index (χ0) is 21.5. The predicted molar refractivity (Wildman–Crippen MR) is 129 cm³/mol. The molecule has 3 aromatic rings. The number of aliphatic imine (C=N–C) groups is 1. The van der Waals surface area contributed by atoms with Gasteiger partial charge in [-0.05, 0) is 65.8 Å². The zero-order valence-corrected chi connectivity index (χ0v) is 18.3. The fourth-order valence-electron chi connectivity index (χ4n) is 6.58. The van der Waals surface area contributed by atoms with Crippen LogP contribution in [0.15, 0.2) is 89.9 Å². The summed E-state index contributed by atoms with van der Waals surface area (Å²) in [5.41, 5.74) is 4.14. The molecule has 3 nitrogen and oxygen atoms in total. The van der Waals surface area contributed by atoms with Gasteiger partial charge in [0.15, 0.2) is 0 Å². The number of phenols is 1. The number of likely N-dealkylation sites (tertiary alicyclic amines) is 1. The second-order valence-corrected chi connectivity index (χ2v) is 9.79. The molecule has 7 rings (SSSR count). The fraction of sp³-hybridized carbons (Fsp3) is 0.345. The maximum atomic E-state index is 9.72. The minimum atomic E-state index is 0.343. The van der Waals surface area contributed by atoms with Crippen LogP contribution in [-0.2, 0) is 19.4 Å². The molecule has 162 valence electrons. The van der Waals surface area contributed by atoms with Crippen molar-refractivity contribution in [2.24, 2.45) is 22.7 Å². The Kier molecular flexibility index (Phi) is 5.07. The van der Waals surface area contributed by atoms with Crippen LogP contribution < -0.4 is 0 Å². The average Bonchev–Trinajstić information content (AvgIpc) is 3.07. The molecule has 6 atom stereocenters. The molecule has 0 spiro atoms. The SMILES string of the molecule is Oc1ccc(CC2C3C=NC4C(C3)C(Cc3ccccc3)N(Cc3ccccc3)C24)cc1. The van der Waals surface area contributed by atoms with Gasteiger partial charge < -0.3 is 5.11 Å². The van der Waals surface area contributed by atoms with E-state index in [1.54, 1.807) is 0 Å². The molecule has 4 bridgehead atoms. The first-order chi connectivity index (χ1) is 15.8. The summed E-state index contributed by atoms with van der Waals surface area (Å²) in [6.07, 6.45) is 5.66. The molecule has 3 aromatic carbocycles. The second kappa shape index (κ2) is 8.22. The van der Waals surface area contributed by atoms with Crippen LogP contribution in [0.1, 0.15) is 23.1 Å². The maximum absolute atomic E-state index is 9.72. The standard InChI is InChI=1S/C29H30N2O/c32-24-13-11-21(12-14-24)15-25-23-17-26-27(16-20-7-3-1-4-8-20)31(29(25)28(26)30-18-23)19-22-9-5-2-6-10-22/h1-14,18,23,25-29,32H,15-17,19H2. The number of benzene rings is 3. The van der Waals surface area contributed by atoms with Gasteiger partial charge >= 0.3 is 0 Å². The van der Waals surface area contributed by atoms with Gasteiger partial charge in [0, 0.05) is 24.8 Å². The molecule has 1 saturated carbocycles. The zero-order valence-electron chi connectivity index (χ0n) is 18.3. The number of hydrogen-bond acceptors (Lipinski definition) is 3. The van der Waals surface area contributed by atoms with Gasteiger partial charge in [-0.25, -0.2) is 0 Å². The highest BCUT2D eigenvalue weighted by Crippen LogP contribution is 2.52. The Hall–Kier alpha value is -2.91. The van der Waals surface area contributed by atoms with Crippen molar-refractivity contribution in [3.63, 3.8) is 0 Å². The summed E-state index contributed by atoms with van der Waals surface area (Å²) in [5.74, 6) is 2.09. The largest absolute Gasteiger partial charge is 0.508 e. The molecule has 3 heterocycles. The van der Waals surface area contributed by atoms with Crippen molar-refractivity contribution < 1.29 is 5.11 Å². The molecular formula is C29H30N2O. The van der Waals surface area contributed by atoms with E-state index in [-0.39, 0.29) is 0 Å². The van der Waals surface area contributed by atoms with E-state index < -0.39 is 0 Å². The molecular weight excluding hydrogens is 392 g/mol. The van der Waals surface area contributed by atoms with Crippen molar-refractivity contribution in [1.29, 1.82) is 0 Å². The Labute approximate surface area is 190 Å². The lowest BCUT2D eigenvalue weighted by Gasteiger charge is -2.44. The van der Waals surface area contributed by atoms with E-state index in [1.165, 1.54) is 23.1 Å². The molecule has 0 radical (unpaired) electrons. The van der Waals surface area contributed by atoms with E-state index in [4.69, 9.17) is 4.99 Å². The lowest BCUT2D eigenvalue weighted by atomic mass is 9.66. The normalized spacial score (nSPS) is 30.6.